The molecule has 4 rings (SSSR count). The molecule has 0 saturated heterocycles. The number of hydrogen-bond acceptors (Lipinski definition) is 3. The van der Waals surface area contributed by atoms with Crippen molar-refractivity contribution in [2.45, 2.75) is 13.3 Å². The number of halogens is 1. The molecule has 0 unspecified atom stereocenters. The van der Waals surface area contributed by atoms with Gasteiger partial charge in [0.25, 0.3) is 0 Å². The summed E-state index contributed by atoms with van der Waals surface area (Å²) in [6.45, 7) is 1.95. The number of aryl methyl sites for hydroxylation is 1. The number of rotatable bonds is 4. The van der Waals surface area contributed by atoms with Crippen LogP contribution in [0.3, 0.4) is 0 Å². The Bertz CT molecular complexity index is 1090. The van der Waals surface area contributed by atoms with E-state index in [4.69, 9.17) is 0 Å². The van der Waals surface area contributed by atoms with E-state index in [0.29, 0.717) is 10.7 Å². The molecule has 0 saturated carbocycles. The third kappa shape index (κ3) is 3.46. The largest absolute Gasteiger partial charge is 0.274 e. The Kier molecular flexibility index (Phi) is 4.69. The number of para-hydroxylation sites is 2. The standard InChI is InChI=1S/C22H17FN2OS/c1-15-8-2-6-12-19(15)25(21(26)14-16-9-3-4-10-17(16)23)22-24-18-11-5-7-13-20(18)27-22/h2-13H,14H2,1H3. The van der Waals surface area contributed by atoms with Crippen molar-refractivity contribution in [2.24, 2.45) is 0 Å². The van der Waals surface area contributed by atoms with Crippen molar-refractivity contribution >= 4 is 38.3 Å². The molecule has 0 aliphatic carbocycles. The average molecular weight is 376 g/mol. The van der Waals surface area contributed by atoms with Crippen LogP contribution in [-0.4, -0.2) is 10.9 Å². The molecular weight excluding hydrogens is 359 g/mol. The van der Waals surface area contributed by atoms with Crippen molar-refractivity contribution in [1.29, 1.82) is 0 Å². The average Bonchev–Trinajstić information content (AvgIpc) is 3.09. The van der Waals surface area contributed by atoms with Crippen molar-refractivity contribution in [1.82, 2.24) is 4.98 Å². The Hall–Kier alpha value is -3.05. The first-order valence-corrected chi connectivity index (χ1v) is 9.43. The van der Waals surface area contributed by atoms with Gasteiger partial charge in [0.2, 0.25) is 5.91 Å². The number of carbonyl (C=O) groups is 1. The van der Waals surface area contributed by atoms with Crippen molar-refractivity contribution in [2.75, 3.05) is 4.90 Å². The maximum atomic E-state index is 14.1. The van der Waals surface area contributed by atoms with E-state index < -0.39 is 0 Å². The zero-order chi connectivity index (χ0) is 18.8. The number of anilines is 2. The van der Waals surface area contributed by atoms with Crippen LogP contribution in [-0.2, 0) is 11.2 Å². The molecule has 134 valence electrons. The molecule has 5 heteroatoms. The minimum absolute atomic E-state index is 0.0308. The van der Waals surface area contributed by atoms with E-state index in [-0.39, 0.29) is 18.1 Å². The van der Waals surface area contributed by atoms with Crippen LogP contribution >= 0.6 is 11.3 Å². The number of thiazole rings is 1. The van der Waals surface area contributed by atoms with Gasteiger partial charge in [-0.2, -0.15) is 0 Å². The third-order valence-electron chi connectivity index (χ3n) is 4.38. The van der Waals surface area contributed by atoms with Crippen LogP contribution in [0.2, 0.25) is 0 Å². The topological polar surface area (TPSA) is 33.2 Å². The second kappa shape index (κ2) is 7.29. The van der Waals surface area contributed by atoms with Gasteiger partial charge in [-0.05, 0) is 42.3 Å². The molecule has 0 aliphatic heterocycles. The Morgan fingerprint density at radius 3 is 2.48 bits per heavy atom. The molecule has 1 heterocycles. The zero-order valence-electron chi connectivity index (χ0n) is 14.7. The molecule has 0 fully saturated rings. The summed E-state index contributed by atoms with van der Waals surface area (Å²) < 4.78 is 15.1. The maximum absolute atomic E-state index is 14.1. The Morgan fingerprint density at radius 2 is 1.70 bits per heavy atom. The van der Waals surface area contributed by atoms with Gasteiger partial charge < -0.3 is 0 Å². The van der Waals surface area contributed by atoms with Crippen LogP contribution in [0, 0.1) is 12.7 Å². The number of aromatic nitrogens is 1. The highest BCUT2D eigenvalue weighted by Crippen LogP contribution is 2.35. The molecule has 0 atom stereocenters. The van der Waals surface area contributed by atoms with Gasteiger partial charge in [-0.3, -0.25) is 9.69 Å². The van der Waals surface area contributed by atoms with Crippen LogP contribution < -0.4 is 4.90 Å². The third-order valence-corrected chi connectivity index (χ3v) is 5.40. The summed E-state index contributed by atoms with van der Waals surface area (Å²) in [6, 6.07) is 21.8. The van der Waals surface area contributed by atoms with E-state index in [1.54, 1.807) is 23.1 Å². The lowest BCUT2D eigenvalue weighted by atomic mass is 10.1. The fraction of sp³-hybridized carbons (Fsp3) is 0.0909. The quantitative estimate of drug-likeness (QED) is 0.461. The maximum Gasteiger partial charge on any atom is 0.237 e. The van der Waals surface area contributed by atoms with Gasteiger partial charge in [0.1, 0.15) is 5.82 Å². The van der Waals surface area contributed by atoms with Gasteiger partial charge in [-0.1, -0.05) is 59.9 Å². The molecule has 0 radical (unpaired) electrons. The van der Waals surface area contributed by atoms with Gasteiger partial charge in [-0.25, -0.2) is 9.37 Å². The molecule has 1 amide bonds. The zero-order valence-corrected chi connectivity index (χ0v) is 15.5. The fourth-order valence-electron chi connectivity index (χ4n) is 3.00. The van der Waals surface area contributed by atoms with E-state index in [1.165, 1.54) is 17.4 Å². The highest BCUT2D eigenvalue weighted by atomic mass is 32.1. The van der Waals surface area contributed by atoms with Crippen LogP contribution in [0.25, 0.3) is 10.2 Å². The van der Waals surface area contributed by atoms with Crippen LogP contribution in [0.4, 0.5) is 15.2 Å². The first-order chi connectivity index (χ1) is 13.1. The van der Waals surface area contributed by atoms with E-state index in [9.17, 15) is 9.18 Å². The predicted molar refractivity (Wildman–Crippen MR) is 108 cm³/mol. The molecule has 1 aromatic heterocycles. The summed E-state index contributed by atoms with van der Waals surface area (Å²) in [5, 5.41) is 0.590. The van der Waals surface area contributed by atoms with Gasteiger partial charge >= 0.3 is 0 Å². The van der Waals surface area contributed by atoms with Gasteiger partial charge in [0, 0.05) is 0 Å². The highest BCUT2D eigenvalue weighted by molar-refractivity contribution is 7.22. The van der Waals surface area contributed by atoms with Crippen molar-refractivity contribution in [3.63, 3.8) is 0 Å². The number of amides is 1. The first kappa shape index (κ1) is 17.4. The van der Waals surface area contributed by atoms with Crippen molar-refractivity contribution in [3.05, 3.63) is 89.7 Å². The van der Waals surface area contributed by atoms with Crippen molar-refractivity contribution < 1.29 is 9.18 Å². The summed E-state index contributed by atoms with van der Waals surface area (Å²) in [6.07, 6.45) is -0.0308. The number of benzene rings is 3. The van der Waals surface area contributed by atoms with E-state index in [2.05, 4.69) is 4.98 Å². The molecule has 3 nitrogen and oxygen atoms in total. The lowest BCUT2D eigenvalue weighted by Gasteiger charge is -2.22. The molecule has 4 aromatic rings. The summed E-state index contributed by atoms with van der Waals surface area (Å²) in [5.74, 6) is -0.590. The highest BCUT2D eigenvalue weighted by Gasteiger charge is 2.24. The second-order valence-electron chi connectivity index (χ2n) is 6.25. The van der Waals surface area contributed by atoms with Gasteiger partial charge in [-0.15, -0.1) is 0 Å². The lowest BCUT2D eigenvalue weighted by molar-refractivity contribution is -0.117. The van der Waals surface area contributed by atoms with E-state index in [0.717, 1.165) is 21.5 Å². The first-order valence-electron chi connectivity index (χ1n) is 8.61. The Labute approximate surface area is 160 Å². The van der Waals surface area contributed by atoms with Gasteiger partial charge in [0.05, 0.1) is 22.3 Å². The lowest BCUT2D eigenvalue weighted by Crippen LogP contribution is -2.28. The fourth-order valence-corrected chi connectivity index (χ4v) is 3.99. The molecule has 0 N–H and O–H groups in total. The SMILES string of the molecule is Cc1ccccc1N(C(=O)Cc1ccccc1F)c1nc2ccccc2s1. The monoisotopic (exact) mass is 376 g/mol. The second-order valence-corrected chi connectivity index (χ2v) is 7.26. The minimum Gasteiger partial charge on any atom is -0.274 e. The van der Waals surface area contributed by atoms with Gasteiger partial charge in [0.15, 0.2) is 5.13 Å². The van der Waals surface area contributed by atoms with Crippen molar-refractivity contribution in [3.8, 4) is 0 Å². The van der Waals surface area contributed by atoms with Crippen LogP contribution in [0.5, 0.6) is 0 Å². The smallest absolute Gasteiger partial charge is 0.237 e. The number of carbonyl (C=O) groups excluding carboxylic acids is 1. The van der Waals surface area contributed by atoms with E-state index >= 15 is 0 Å². The molecule has 0 bridgehead atoms. The molecule has 0 aliphatic rings. The van der Waals surface area contributed by atoms with E-state index in [1.807, 2.05) is 55.5 Å². The Morgan fingerprint density at radius 1 is 1.00 bits per heavy atom. The Balaban J connectivity index is 1.79. The molecule has 0 spiro atoms. The van der Waals surface area contributed by atoms with Crippen LogP contribution in [0.1, 0.15) is 11.1 Å². The molecular formula is C22H17FN2OS. The summed E-state index contributed by atoms with van der Waals surface area (Å²) in [4.78, 5) is 19.5. The summed E-state index contributed by atoms with van der Waals surface area (Å²) in [5.41, 5.74) is 2.94. The number of fused-ring (bicyclic) bond motifs is 1. The molecule has 27 heavy (non-hydrogen) atoms. The predicted octanol–water partition coefficient (Wildman–Crippen LogP) is 5.65. The number of nitrogens with zero attached hydrogens (tertiary/aromatic N) is 2. The summed E-state index contributed by atoms with van der Waals surface area (Å²) in [7, 11) is 0. The molecule has 3 aromatic carbocycles. The summed E-state index contributed by atoms with van der Waals surface area (Å²) >= 11 is 1.45. The number of hydrogen-bond donors (Lipinski definition) is 0. The van der Waals surface area contributed by atoms with Crippen LogP contribution in [0.15, 0.2) is 72.8 Å². The normalized spacial score (nSPS) is 10.9. The minimum atomic E-state index is -0.375.